The average Bonchev–Trinajstić information content (AvgIpc) is 2.49. The predicted octanol–water partition coefficient (Wildman–Crippen LogP) is 2.06. The average molecular weight is 227 g/mol. The van der Waals surface area contributed by atoms with E-state index in [1.54, 1.807) is 11.3 Å². The summed E-state index contributed by atoms with van der Waals surface area (Å²) < 4.78 is 0. The lowest BCUT2D eigenvalue weighted by atomic mass is 10.0. The summed E-state index contributed by atoms with van der Waals surface area (Å²) in [7, 11) is 0. The maximum atomic E-state index is 5.89. The molecule has 0 bridgehead atoms. The van der Waals surface area contributed by atoms with Crippen LogP contribution in [0.15, 0.2) is 6.20 Å². The zero-order valence-corrected chi connectivity index (χ0v) is 10.7. The van der Waals surface area contributed by atoms with Gasteiger partial charge in [0.2, 0.25) is 0 Å². The molecule has 0 saturated heterocycles. The first-order valence-electron chi connectivity index (χ1n) is 5.38. The molecule has 0 aliphatic carbocycles. The van der Waals surface area contributed by atoms with Crippen molar-refractivity contribution in [2.24, 2.45) is 5.73 Å². The fourth-order valence-electron chi connectivity index (χ4n) is 1.35. The van der Waals surface area contributed by atoms with Gasteiger partial charge < -0.3 is 11.1 Å². The van der Waals surface area contributed by atoms with E-state index in [1.807, 2.05) is 6.20 Å². The highest BCUT2D eigenvalue weighted by Gasteiger charge is 2.08. The lowest BCUT2D eigenvalue weighted by Crippen LogP contribution is -2.32. The van der Waals surface area contributed by atoms with Crippen LogP contribution in [0.2, 0.25) is 0 Å². The number of aryl methyl sites for hydroxylation is 1. The summed E-state index contributed by atoms with van der Waals surface area (Å²) in [6, 6.07) is 0. The third-order valence-corrected chi connectivity index (χ3v) is 3.03. The Kier molecular flexibility index (Phi) is 4.70. The van der Waals surface area contributed by atoms with Crippen molar-refractivity contribution >= 4 is 11.3 Å². The molecule has 0 saturated carbocycles. The number of hydrogen-bond donors (Lipinski definition) is 2. The summed E-state index contributed by atoms with van der Waals surface area (Å²) in [5.74, 6) is 0. The Hall–Kier alpha value is -0.450. The molecular formula is C11H21N3S. The van der Waals surface area contributed by atoms with Crippen LogP contribution in [0.5, 0.6) is 0 Å². The van der Waals surface area contributed by atoms with E-state index in [2.05, 4.69) is 31.1 Å². The molecule has 3 nitrogen and oxygen atoms in total. The van der Waals surface area contributed by atoms with Crippen LogP contribution in [-0.2, 0) is 6.54 Å². The number of nitrogens with two attached hydrogens (primary N) is 1. The molecule has 86 valence electrons. The molecule has 0 aliphatic rings. The van der Waals surface area contributed by atoms with Gasteiger partial charge in [-0.3, -0.25) is 0 Å². The van der Waals surface area contributed by atoms with Gasteiger partial charge in [-0.25, -0.2) is 4.98 Å². The van der Waals surface area contributed by atoms with Crippen molar-refractivity contribution in [1.82, 2.24) is 10.3 Å². The summed E-state index contributed by atoms with van der Waals surface area (Å²) in [5, 5.41) is 4.55. The largest absolute Gasteiger partial charge is 0.326 e. The maximum absolute atomic E-state index is 5.89. The van der Waals surface area contributed by atoms with Crippen molar-refractivity contribution in [3.63, 3.8) is 0 Å². The fourth-order valence-corrected chi connectivity index (χ4v) is 2.10. The number of hydrogen-bond acceptors (Lipinski definition) is 4. The van der Waals surface area contributed by atoms with Crippen molar-refractivity contribution in [1.29, 1.82) is 0 Å². The zero-order valence-electron chi connectivity index (χ0n) is 9.84. The van der Waals surface area contributed by atoms with Crippen LogP contribution in [-0.4, -0.2) is 17.1 Å². The topological polar surface area (TPSA) is 50.9 Å². The van der Waals surface area contributed by atoms with Crippen molar-refractivity contribution in [3.05, 3.63) is 16.1 Å². The summed E-state index contributed by atoms with van der Waals surface area (Å²) >= 11 is 1.75. The lowest BCUT2D eigenvalue weighted by Gasteiger charge is -2.17. The van der Waals surface area contributed by atoms with Gasteiger partial charge in [0.15, 0.2) is 0 Å². The normalized spacial score (nSPS) is 12.0. The van der Waals surface area contributed by atoms with E-state index in [0.29, 0.717) is 0 Å². The smallest absolute Gasteiger partial charge is 0.107 e. The molecule has 1 rings (SSSR count). The summed E-state index contributed by atoms with van der Waals surface area (Å²) in [5.41, 5.74) is 5.85. The monoisotopic (exact) mass is 227 g/mol. The van der Waals surface area contributed by atoms with Crippen LogP contribution >= 0.6 is 11.3 Å². The lowest BCUT2D eigenvalue weighted by molar-refractivity contribution is 0.448. The fraction of sp³-hybridized carbons (Fsp3) is 0.727. The van der Waals surface area contributed by atoms with E-state index >= 15 is 0 Å². The van der Waals surface area contributed by atoms with E-state index in [0.717, 1.165) is 25.9 Å². The third kappa shape index (κ3) is 5.87. The van der Waals surface area contributed by atoms with E-state index in [-0.39, 0.29) is 5.54 Å². The van der Waals surface area contributed by atoms with Crippen LogP contribution in [0, 0.1) is 6.92 Å². The van der Waals surface area contributed by atoms with Gasteiger partial charge in [0.05, 0.1) is 0 Å². The first-order chi connectivity index (χ1) is 6.97. The van der Waals surface area contributed by atoms with Crippen LogP contribution < -0.4 is 11.1 Å². The highest BCUT2D eigenvalue weighted by Crippen LogP contribution is 2.10. The van der Waals surface area contributed by atoms with Crippen molar-refractivity contribution in [2.75, 3.05) is 6.54 Å². The number of aromatic nitrogens is 1. The SMILES string of the molecule is Cc1cnc(CNCCCC(C)(C)N)s1. The van der Waals surface area contributed by atoms with E-state index in [1.165, 1.54) is 9.88 Å². The van der Waals surface area contributed by atoms with Gasteiger partial charge in [-0.15, -0.1) is 11.3 Å². The molecule has 4 heteroatoms. The van der Waals surface area contributed by atoms with Gasteiger partial charge in [0.25, 0.3) is 0 Å². The van der Waals surface area contributed by atoms with Gasteiger partial charge in [0.1, 0.15) is 5.01 Å². The molecule has 0 aliphatic heterocycles. The zero-order chi connectivity index (χ0) is 11.3. The van der Waals surface area contributed by atoms with Gasteiger partial charge >= 0.3 is 0 Å². The third-order valence-electron chi connectivity index (χ3n) is 2.12. The molecule has 15 heavy (non-hydrogen) atoms. The van der Waals surface area contributed by atoms with E-state index < -0.39 is 0 Å². The van der Waals surface area contributed by atoms with E-state index in [9.17, 15) is 0 Å². The Morgan fingerprint density at radius 3 is 2.80 bits per heavy atom. The minimum atomic E-state index is -0.0422. The second-order valence-electron chi connectivity index (χ2n) is 4.63. The Labute approximate surface area is 96.1 Å². The predicted molar refractivity (Wildman–Crippen MR) is 66.1 cm³/mol. The molecule has 0 atom stereocenters. The minimum absolute atomic E-state index is 0.0422. The summed E-state index contributed by atoms with van der Waals surface area (Å²) in [4.78, 5) is 5.57. The van der Waals surface area contributed by atoms with Gasteiger partial charge in [-0.2, -0.15) is 0 Å². The van der Waals surface area contributed by atoms with Crippen molar-refractivity contribution in [2.45, 2.75) is 45.7 Å². The Bertz CT molecular complexity index is 288. The first-order valence-corrected chi connectivity index (χ1v) is 6.20. The molecule has 1 aromatic heterocycles. The molecule has 1 aromatic rings. The number of nitrogens with zero attached hydrogens (tertiary/aromatic N) is 1. The number of thiazole rings is 1. The van der Waals surface area contributed by atoms with Gasteiger partial charge in [-0.1, -0.05) is 0 Å². The molecule has 0 aromatic carbocycles. The molecule has 0 unspecified atom stereocenters. The maximum Gasteiger partial charge on any atom is 0.107 e. The molecule has 0 fully saturated rings. The Morgan fingerprint density at radius 2 is 2.27 bits per heavy atom. The Morgan fingerprint density at radius 1 is 1.53 bits per heavy atom. The second kappa shape index (κ2) is 5.58. The number of rotatable bonds is 6. The van der Waals surface area contributed by atoms with Crippen molar-refractivity contribution < 1.29 is 0 Å². The van der Waals surface area contributed by atoms with Gasteiger partial charge in [-0.05, 0) is 40.2 Å². The molecule has 3 N–H and O–H groups in total. The van der Waals surface area contributed by atoms with Crippen LogP contribution in [0.4, 0.5) is 0 Å². The highest BCUT2D eigenvalue weighted by atomic mass is 32.1. The highest BCUT2D eigenvalue weighted by molar-refractivity contribution is 7.11. The molecule has 1 heterocycles. The van der Waals surface area contributed by atoms with Crippen LogP contribution in [0.3, 0.4) is 0 Å². The Balaban J connectivity index is 2.07. The molecule has 0 spiro atoms. The van der Waals surface area contributed by atoms with Crippen LogP contribution in [0.1, 0.15) is 36.6 Å². The summed E-state index contributed by atoms with van der Waals surface area (Å²) in [6.07, 6.45) is 4.09. The standard InChI is InChI=1S/C11H21N3S/c1-9-7-14-10(15-9)8-13-6-4-5-11(2,3)12/h7,13H,4-6,8,12H2,1-3H3. The number of nitrogens with one attached hydrogen (secondary N) is 1. The second-order valence-corrected chi connectivity index (χ2v) is 5.95. The quantitative estimate of drug-likeness (QED) is 0.731. The molecular weight excluding hydrogens is 206 g/mol. The molecule has 0 radical (unpaired) electrons. The van der Waals surface area contributed by atoms with Crippen molar-refractivity contribution in [3.8, 4) is 0 Å². The van der Waals surface area contributed by atoms with Gasteiger partial charge in [0, 0.05) is 23.2 Å². The molecule has 0 amide bonds. The minimum Gasteiger partial charge on any atom is -0.326 e. The summed E-state index contributed by atoms with van der Waals surface area (Å²) in [6.45, 7) is 8.11. The van der Waals surface area contributed by atoms with E-state index in [4.69, 9.17) is 5.73 Å². The first kappa shape index (κ1) is 12.6. The van der Waals surface area contributed by atoms with Crippen LogP contribution in [0.25, 0.3) is 0 Å².